The lowest BCUT2D eigenvalue weighted by Gasteiger charge is -2.16. The number of carbonyl (C=O) groups excluding carboxylic acids is 2. The Morgan fingerprint density at radius 1 is 0.697 bits per heavy atom. The Balaban J connectivity index is 3.78. The van der Waals surface area contributed by atoms with Crippen molar-refractivity contribution in [3.63, 3.8) is 0 Å². The Kier molecular flexibility index (Phi) is 25.5. The second-order valence-electron chi connectivity index (χ2n) is 8.69. The fraction of sp³-hybridized carbons (Fsp3) is 0.920. The zero-order valence-electron chi connectivity index (χ0n) is 20.8. The Morgan fingerprint density at radius 2 is 1.18 bits per heavy atom. The van der Waals surface area contributed by atoms with Crippen molar-refractivity contribution < 1.29 is 28.2 Å². The highest BCUT2D eigenvalue weighted by Crippen LogP contribution is 2.13. The standard InChI is InChI=1S/C25H47O6PS/c1-2-3-4-12-16-19-25(27)31-23(22-30-32-28)21-29-24(26)18-15-13-10-8-6-5-7-9-11-14-17-20-33/h23,33H,2-22H2,1H3/t23-/m0/s1. The normalized spacial score (nSPS) is 12.1. The van der Waals surface area contributed by atoms with E-state index < -0.39 is 14.8 Å². The molecule has 194 valence electrons. The molecule has 0 spiro atoms. The summed E-state index contributed by atoms with van der Waals surface area (Å²) in [5, 5.41) is 0. The van der Waals surface area contributed by atoms with E-state index in [0.29, 0.717) is 12.8 Å². The molecule has 0 aliphatic heterocycles. The summed E-state index contributed by atoms with van der Waals surface area (Å²) in [6.07, 6.45) is 18.4. The van der Waals surface area contributed by atoms with E-state index in [2.05, 4.69) is 19.6 Å². The van der Waals surface area contributed by atoms with E-state index in [1.165, 1.54) is 57.8 Å². The minimum Gasteiger partial charge on any atom is -0.462 e. The van der Waals surface area contributed by atoms with E-state index in [0.717, 1.165) is 50.7 Å². The summed E-state index contributed by atoms with van der Waals surface area (Å²) in [6.45, 7) is 2.02. The van der Waals surface area contributed by atoms with Crippen molar-refractivity contribution in [2.45, 2.75) is 129 Å². The third kappa shape index (κ3) is 24.3. The molecular weight excluding hydrogens is 459 g/mol. The highest BCUT2D eigenvalue weighted by atomic mass is 32.1. The van der Waals surface area contributed by atoms with Gasteiger partial charge in [0.15, 0.2) is 6.10 Å². The van der Waals surface area contributed by atoms with Gasteiger partial charge in [-0.05, 0) is 25.0 Å². The number of thiol groups is 1. The number of hydrogen-bond acceptors (Lipinski definition) is 7. The van der Waals surface area contributed by atoms with Gasteiger partial charge in [-0.2, -0.15) is 12.6 Å². The van der Waals surface area contributed by atoms with Crippen LogP contribution >= 0.6 is 21.3 Å². The Hall–Kier alpha value is -0.650. The molecule has 0 fully saturated rings. The van der Waals surface area contributed by atoms with Gasteiger partial charge in [0.1, 0.15) is 13.2 Å². The van der Waals surface area contributed by atoms with Crippen LogP contribution in [0.15, 0.2) is 0 Å². The van der Waals surface area contributed by atoms with E-state index in [4.69, 9.17) is 14.0 Å². The SMILES string of the molecule is CCCCCCCC(=O)O[C@H](COP=O)COC(=O)CCCCCCCCCCCCCS. The van der Waals surface area contributed by atoms with Gasteiger partial charge in [0, 0.05) is 12.8 Å². The molecule has 0 radical (unpaired) electrons. The smallest absolute Gasteiger partial charge is 0.327 e. The summed E-state index contributed by atoms with van der Waals surface area (Å²) in [4.78, 5) is 24.0. The highest BCUT2D eigenvalue weighted by Gasteiger charge is 2.17. The summed E-state index contributed by atoms with van der Waals surface area (Å²) in [5.74, 6) is 0.365. The summed E-state index contributed by atoms with van der Waals surface area (Å²) in [6, 6.07) is 0. The number of carbonyl (C=O) groups is 2. The average molecular weight is 507 g/mol. The van der Waals surface area contributed by atoms with Gasteiger partial charge in [0.05, 0.1) is 0 Å². The van der Waals surface area contributed by atoms with Gasteiger partial charge in [-0.25, -0.2) is 4.57 Å². The zero-order valence-corrected chi connectivity index (χ0v) is 22.6. The minimum atomic E-state index is -0.726. The first-order valence-corrected chi connectivity index (χ1v) is 14.4. The van der Waals surface area contributed by atoms with Crippen LogP contribution in [-0.4, -0.2) is 37.0 Å². The topological polar surface area (TPSA) is 78.9 Å². The maximum absolute atomic E-state index is 12.0. The van der Waals surface area contributed by atoms with E-state index in [9.17, 15) is 14.2 Å². The third-order valence-corrected chi connectivity index (χ3v) is 6.14. The number of rotatable bonds is 25. The molecule has 0 aromatic heterocycles. The van der Waals surface area contributed by atoms with Crippen LogP contribution in [0.5, 0.6) is 0 Å². The molecule has 0 bridgehead atoms. The highest BCUT2D eigenvalue weighted by molar-refractivity contribution is 7.80. The second kappa shape index (κ2) is 26.0. The van der Waals surface area contributed by atoms with Crippen LogP contribution in [-0.2, 0) is 28.2 Å². The van der Waals surface area contributed by atoms with Gasteiger partial charge >= 0.3 is 20.6 Å². The second-order valence-corrected chi connectivity index (χ2v) is 9.55. The first kappa shape index (κ1) is 32.4. The lowest BCUT2D eigenvalue weighted by molar-refractivity contribution is -0.160. The Labute approximate surface area is 209 Å². The van der Waals surface area contributed by atoms with Crippen LogP contribution in [0.1, 0.15) is 122 Å². The van der Waals surface area contributed by atoms with Crippen LogP contribution in [0.25, 0.3) is 0 Å². The summed E-state index contributed by atoms with van der Waals surface area (Å²) in [7, 11) is -0.487. The van der Waals surface area contributed by atoms with E-state index in [1.807, 2.05) is 0 Å². The van der Waals surface area contributed by atoms with Crippen molar-refractivity contribution in [3.05, 3.63) is 0 Å². The van der Waals surface area contributed by atoms with Gasteiger partial charge in [-0.1, -0.05) is 90.4 Å². The van der Waals surface area contributed by atoms with Gasteiger partial charge in [-0.15, -0.1) is 0 Å². The lowest BCUT2D eigenvalue weighted by atomic mass is 10.1. The van der Waals surface area contributed by atoms with Gasteiger partial charge in [-0.3, -0.25) is 14.1 Å². The molecule has 0 aliphatic carbocycles. The molecule has 0 unspecified atom stereocenters. The molecule has 0 aromatic rings. The van der Waals surface area contributed by atoms with Gasteiger partial charge in [0.2, 0.25) is 0 Å². The van der Waals surface area contributed by atoms with Crippen molar-refractivity contribution in [2.75, 3.05) is 19.0 Å². The molecule has 0 N–H and O–H groups in total. The maximum Gasteiger partial charge on any atom is 0.327 e. The Morgan fingerprint density at radius 3 is 1.70 bits per heavy atom. The van der Waals surface area contributed by atoms with Crippen LogP contribution in [0.4, 0.5) is 0 Å². The van der Waals surface area contributed by atoms with E-state index >= 15 is 0 Å². The van der Waals surface area contributed by atoms with Crippen molar-refractivity contribution in [2.24, 2.45) is 0 Å². The number of esters is 2. The molecule has 0 saturated carbocycles. The van der Waals surface area contributed by atoms with Crippen LogP contribution in [0, 0.1) is 0 Å². The number of unbranched alkanes of at least 4 members (excludes halogenated alkanes) is 14. The molecule has 0 amide bonds. The lowest BCUT2D eigenvalue weighted by Crippen LogP contribution is -2.28. The number of ether oxygens (including phenoxy) is 2. The molecule has 8 heteroatoms. The molecule has 1 atom stereocenters. The maximum atomic E-state index is 12.0. The van der Waals surface area contributed by atoms with Crippen molar-refractivity contribution in [3.8, 4) is 0 Å². The fourth-order valence-corrected chi connectivity index (χ4v) is 4.03. The summed E-state index contributed by atoms with van der Waals surface area (Å²) in [5.41, 5.74) is 0. The van der Waals surface area contributed by atoms with E-state index in [1.54, 1.807) is 0 Å². The molecule has 0 aliphatic rings. The quantitative estimate of drug-likeness (QED) is 0.0593. The van der Waals surface area contributed by atoms with Crippen LogP contribution in [0.2, 0.25) is 0 Å². The molecule has 33 heavy (non-hydrogen) atoms. The molecule has 0 heterocycles. The first-order chi connectivity index (χ1) is 16.1. The van der Waals surface area contributed by atoms with Crippen molar-refractivity contribution >= 4 is 33.3 Å². The average Bonchev–Trinajstić information content (AvgIpc) is 2.81. The Bertz CT molecular complexity index is 478. The molecule has 0 rings (SSSR count). The zero-order chi connectivity index (χ0) is 24.4. The van der Waals surface area contributed by atoms with Gasteiger partial charge < -0.3 is 9.47 Å². The molecule has 0 saturated heterocycles. The molecular formula is C25H47O6PS. The summed E-state index contributed by atoms with van der Waals surface area (Å²) >= 11 is 4.23. The van der Waals surface area contributed by atoms with Crippen molar-refractivity contribution in [1.29, 1.82) is 0 Å². The van der Waals surface area contributed by atoms with Crippen molar-refractivity contribution in [1.82, 2.24) is 0 Å². The van der Waals surface area contributed by atoms with Gasteiger partial charge in [0.25, 0.3) is 0 Å². The predicted molar refractivity (Wildman–Crippen MR) is 137 cm³/mol. The van der Waals surface area contributed by atoms with Crippen LogP contribution < -0.4 is 0 Å². The van der Waals surface area contributed by atoms with Crippen LogP contribution in [0.3, 0.4) is 0 Å². The molecule has 0 aromatic carbocycles. The summed E-state index contributed by atoms with van der Waals surface area (Å²) < 4.78 is 26.0. The fourth-order valence-electron chi connectivity index (χ4n) is 3.58. The number of hydrogen-bond donors (Lipinski definition) is 1. The largest absolute Gasteiger partial charge is 0.462 e. The third-order valence-electron chi connectivity index (χ3n) is 5.56. The molecule has 6 nitrogen and oxygen atoms in total. The monoisotopic (exact) mass is 506 g/mol. The first-order valence-electron chi connectivity index (χ1n) is 13.0. The minimum absolute atomic E-state index is 0.0604. The van der Waals surface area contributed by atoms with E-state index in [-0.39, 0.29) is 25.2 Å². The predicted octanol–water partition coefficient (Wildman–Crippen LogP) is 7.64.